The van der Waals surface area contributed by atoms with Crippen LogP contribution in [-0.2, 0) is 40.1 Å². The average Bonchev–Trinajstić information content (AvgIpc) is 3.87. The maximum Gasteiger partial charge on any atom is 0.530 e. The largest absolute Gasteiger partial charge is 0.530 e. The number of alkyl carbamates (subject to hydrolysis) is 1. The van der Waals surface area contributed by atoms with E-state index in [4.69, 9.17) is 23.0 Å². The number of thioether (sulfide) groups is 1. The summed E-state index contributed by atoms with van der Waals surface area (Å²) < 4.78 is 41.3. The Kier molecular flexibility index (Phi) is 16.6. The van der Waals surface area contributed by atoms with Crippen molar-refractivity contribution < 1.29 is 41.7 Å². The quantitative estimate of drug-likeness (QED) is 0.0272. The van der Waals surface area contributed by atoms with E-state index in [-0.39, 0.29) is 44.5 Å². The Morgan fingerprint density at radius 2 is 1.49 bits per heavy atom. The molecule has 4 aromatic carbocycles. The zero-order chi connectivity index (χ0) is 42.1. The molecule has 0 fully saturated rings. The van der Waals surface area contributed by atoms with Crippen LogP contribution in [0.1, 0.15) is 28.2 Å². The van der Waals surface area contributed by atoms with Gasteiger partial charge in [-0.2, -0.15) is 5.21 Å². The van der Waals surface area contributed by atoms with Gasteiger partial charge in [0.15, 0.2) is 0 Å². The number of likely N-dealkylation sites (N-methyl/N-ethyl adjacent to an activating group) is 1. The lowest BCUT2D eigenvalue weighted by Gasteiger charge is -2.25. The van der Waals surface area contributed by atoms with E-state index < -0.39 is 25.9 Å². The van der Waals surface area contributed by atoms with Gasteiger partial charge in [0.1, 0.15) is 38.2 Å². The number of carbonyl (C=O) groups is 2. The van der Waals surface area contributed by atoms with E-state index in [9.17, 15) is 14.2 Å². The smallest absolute Gasteiger partial charge is 0.460 e. The number of phosphoric acid groups is 1. The monoisotopic (exact) mass is 840 g/mol. The van der Waals surface area contributed by atoms with Crippen LogP contribution in [-0.4, -0.2) is 92.2 Å². The summed E-state index contributed by atoms with van der Waals surface area (Å²) in [5.41, 5.74) is 6.32. The molecule has 1 aromatic heterocycles. The summed E-state index contributed by atoms with van der Waals surface area (Å²) in [5.74, 6) is 0.340. The van der Waals surface area contributed by atoms with Crippen LogP contribution in [0.2, 0.25) is 0 Å². The first-order chi connectivity index (χ1) is 28.5. The predicted octanol–water partition coefficient (Wildman–Crippen LogP) is 7.40. The normalized spacial score (nSPS) is 13.3. The number of benzene rings is 4. The molecule has 1 aliphatic rings. The van der Waals surface area contributed by atoms with Gasteiger partial charge in [-0.05, 0) is 45.5 Å². The number of esters is 1. The minimum absolute atomic E-state index is 0.0113. The molecule has 0 saturated heterocycles. The molecule has 1 amide bonds. The molecule has 16 heteroatoms. The van der Waals surface area contributed by atoms with E-state index in [0.29, 0.717) is 21.7 Å². The van der Waals surface area contributed by atoms with E-state index in [0.717, 1.165) is 28.0 Å². The van der Waals surface area contributed by atoms with Crippen LogP contribution < -0.4 is 14.9 Å². The molecule has 0 bridgehead atoms. The van der Waals surface area contributed by atoms with Gasteiger partial charge in [-0.15, -0.1) is 18.3 Å². The molecule has 1 aliphatic carbocycles. The number of hydrogen-bond acceptors (Lipinski definition) is 12. The van der Waals surface area contributed by atoms with Gasteiger partial charge < -0.3 is 28.9 Å². The van der Waals surface area contributed by atoms with Gasteiger partial charge >= 0.3 is 19.9 Å². The molecule has 1 heterocycles. The number of ether oxygens (including phenoxy) is 2. The van der Waals surface area contributed by atoms with Crippen molar-refractivity contribution in [2.45, 2.75) is 29.3 Å². The third kappa shape index (κ3) is 14.0. The SMILES string of the molecule is C=CCOC(=O)[C@H](Cc1ccc(OP(=O)(OCC=C)OCC[N+](C)(C)C)cc1)NC(=O)OCC1c2ccccc2-c2ccccc21.c1ccc(CSc2nnn[n-]2)cc1. The van der Waals surface area contributed by atoms with Crippen molar-refractivity contribution >= 4 is 31.6 Å². The number of phosphoric ester groups is 1. The average molecular weight is 841 g/mol. The van der Waals surface area contributed by atoms with Gasteiger partial charge in [0, 0.05) is 18.1 Å². The molecular formula is C43H49N6O8PS. The van der Waals surface area contributed by atoms with E-state index >= 15 is 0 Å². The van der Waals surface area contributed by atoms with Crippen LogP contribution in [0.5, 0.6) is 5.75 Å². The van der Waals surface area contributed by atoms with Gasteiger partial charge in [-0.25, -0.2) is 14.2 Å². The Morgan fingerprint density at radius 3 is 2.10 bits per heavy atom. The molecule has 0 spiro atoms. The molecule has 2 atom stereocenters. The molecular weight excluding hydrogens is 792 g/mol. The number of aromatic nitrogens is 4. The molecule has 6 rings (SSSR count). The molecule has 0 aliphatic heterocycles. The number of quaternary nitrogens is 1. The Hall–Kier alpha value is -5.57. The Bertz CT molecular complexity index is 2120. The molecule has 310 valence electrons. The number of fused-ring (bicyclic) bond motifs is 3. The third-order valence-electron chi connectivity index (χ3n) is 8.72. The molecule has 5 aromatic rings. The van der Waals surface area contributed by atoms with Gasteiger partial charge in [0.05, 0.1) is 32.9 Å². The number of nitrogens with zero attached hydrogens (tertiary/aromatic N) is 5. The van der Waals surface area contributed by atoms with E-state index in [1.807, 2.05) is 75.7 Å². The summed E-state index contributed by atoms with van der Waals surface area (Å²) in [6, 6.07) is 31.7. The fraction of sp³-hybridized carbons (Fsp3) is 0.279. The second-order valence-electron chi connectivity index (χ2n) is 14.2. The number of nitrogens with one attached hydrogen (secondary N) is 1. The summed E-state index contributed by atoms with van der Waals surface area (Å²) in [7, 11) is 2.03. The van der Waals surface area contributed by atoms with Crippen molar-refractivity contribution in [3.8, 4) is 16.9 Å². The highest BCUT2D eigenvalue weighted by Gasteiger charge is 2.31. The van der Waals surface area contributed by atoms with E-state index in [1.165, 1.54) is 29.5 Å². The lowest BCUT2D eigenvalue weighted by molar-refractivity contribution is -0.870. The van der Waals surface area contributed by atoms with Gasteiger partial charge in [-0.1, -0.05) is 110 Å². The molecule has 0 saturated carbocycles. The second-order valence-corrected chi connectivity index (χ2v) is 16.7. The first-order valence-electron chi connectivity index (χ1n) is 18.8. The molecule has 14 nitrogen and oxygen atoms in total. The fourth-order valence-electron chi connectivity index (χ4n) is 5.85. The minimum atomic E-state index is -3.93. The summed E-state index contributed by atoms with van der Waals surface area (Å²) >= 11 is 1.53. The van der Waals surface area contributed by atoms with Crippen LogP contribution in [0, 0.1) is 0 Å². The van der Waals surface area contributed by atoms with E-state index in [1.54, 1.807) is 24.3 Å². The van der Waals surface area contributed by atoms with Gasteiger partial charge in [0.2, 0.25) is 0 Å². The highest BCUT2D eigenvalue weighted by molar-refractivity contribution is 7.98. The molecule has 59 heavy (non-hydrogen) atoms. The molecule has 1 N–H and O–H groups in total. The minimum Gasteiger partial charge on any atom is -0.460 e. The number of amides is 1. The summed E-state index contributed by atoms with van der Waals surface area (Å²) in [4.78, 5) is 25.9. The van der Waals surface area contributed by atoms with Crippen LogP contribution in [0.15, 0.2) is 134 Å². The number of hydrogen-bond donors (Lipinski definition) is 1. The zero-order valence-electron chi connectivity index (χ0n) is 33.3. The Morgan fingerprint density at radius 1 is 0.847 bits per heavy atom. The van der Waals surface area contributed by atoms with Gasteiger partial charge in [-0.3, -0.25) is 19.4 Å². The summed E-state index contributed by atoms with van der Waals surface area (Å²) in [5, 5.41) is 17.5. The topological polar surface area (TPSA) is 162 Å². The van der Waals surface area contributed by atoms with Crippen molar-refractivity contribution in [2.75, 3.05) is 54.1 Å². The van der Waals surface area contributed by atoms with Crippen molar-refractivity contribution in [2.24, 2.45) is 0 Å². The van der Waals surface area contributed by atoms with Crippen molar-refractivity contribution in [3.63, 3.8) is 0 Å². The first-order valence-corrected chi connectivity index (χ1v) is 21.2. The number of carbonyl (C=O) groups excluding carboxylic acids is 2. The summed E-state index contributed by atoms with van der Waals surface area (Å²) in [6.07, 6.45) is 2.26. The van der Waals surface area contributed by atoms with Crippen LogP contribution in [0.4, 0.5) is 4.79 Å². The number of tetrazole rings is 1. The highest BCUT2D eigenvalue weighted by atomic mass is 32.2. The second kappa shape index (κ2) is 22.0. The van der Waals surface area contributed by atoms with Crippen LogP contribution >= 0.6 is 19.6 Å². The van der Waals surface area contributed by atoms with E-state index in [2.05, 4.69) is 63.4 Å². The number of rotatable bonds is 20. The fourth-order valence-corrected chi connectivity index (χ4v) is 7.68. The van der Waals surface area contributed by atoms with Crippen LogP contribution in [0.3, 0.4) is 0 Å². The van der Waals surface area contributed by atoms with Gasteiger partial charge in [0.25, 0.3) is 0 Å². The highest BCUT2D eigenvalue weighted by Crippen LogP contribution is 2.49. The first kappa shape index (κ1) is 44.5. The lowest BCUT2D eigenvalue weighted by Crippen LogP contribution is -2.44. The van der Waals surface area contributed by atoms with Crippen molar-refractivity contribution in [1.29, 1.82) is 0 Å². The maximum atomic E-state index is 13.2. The standard InChI is InChI=1S/C35H41N2O8P.C8H7N4S/c1-6-21-41-34(38)33(36-35(39)42-25-32-30-14-10-8-12-28(30)29-13-9-11-15-31(29)32)24-26-16-18-27(19-17-26)45-46(40,43-22-7-2)44-23-20-37(3,4)5;1-2-4-7(5-3-1)6-13-8-9-11-12-10-8/h6-19,32-33H,1-2,20-25H2,3-5H3;1-5H,6H2/q;-1/p+1/t33-,46?;/m0./s1. The maximum absolute atomic E-state index is 13.2. The van der Waals surface area contributed by atoms with Crippen molar-refractivity contribution in [3.05, 3.63) is 151 Å². The Balaban J connectivity index is 0.000000428. The van der Waals surface area contributed by atoms with Crippen LogP contribution in [0.25, 0.3) is 11.1 Å². The zero-order valence-corrected chi connectivity index (χ0v) is 35.1. The third-order valence-corrected chi connectivity index (χ3v) is 11.0. The summed E-state index contributed by atoms with van der Waals surface area (Å²) in [6.45, 7) is 7.99. The predicted molar refractivity (Wildman–Crippen MR) is 226 cm³/mol. The Labute approximate surface area is 349 Å². The van der Waals surface area contributed by atoms with Crippen molar-refractivity contribution in [1.82, 2.24) is 25.9 Å². The lowest BCUT2D eigenvalue weighted by atomic mass is 9.98. The molecule has 1 unspecified atom stereocenters. The molecule has 0 radical (unpaired) electrons.